The van der Waals surface area contributed by atoms with E-state index >= 15 is 0 Å². The first-order valence-electron chi connectivity index (χ1n) is 7.98. The van der Waals surface area contributed by atoms with Gasteiger partial charge < -0.3 is 20.5 Å². The van der Waals surface area contributed by atoms with Crippen molar-refractivity contribution in [2.75, 3.05) is 6.61 Å². The van der Waals surface area contributed by atoms with E-state index in [4.69, 9.17) is 15.2 Å². The zero-order chi connectivity index (χ0) is 17.4. The van der Waals surface area contributed by atoms with Gasteiger partial charge in [0.1, 0.15) is 11.5 Å². The molecule has 0 aliphatic heterocycles. The fourth-order valence-corrected chi connectivity index (χ4v) is 1.93. The smallest absolute Gasteiger partial charge is 0.236 e. The molecule has 6 heteroatoms. The molecule has 0 saturated heterocycles. The maximum Gasteiger partial charge on any atom is 0.236 e. The predicted molar refractivity (Wildman–Crippen MR) is 92.0 cm³/mol. The standard InChI is InChI=1S/C18H23N3O3/c1-3-11-23-15-6-8-16(9-7-15)24-18-14(5-4-10-20-18)12-21-17(22)13(2)19/h4-10,13H,3,11-12,19H2,1-2H3,(H,21,22). The summed E-state index contributed by atoms with van der Waals surface area (Å²) < 4.78 is 11.4. The third-order valence-electron chi connectivity index (χ3n) is 3.23. The van der Waals surface area contributed by atoms with Gasteiger partial charge in [0.25, 0.3) is 0 Å². The van der Waals surface area contributed by atoms with Crippen molar-refractivity contribution in [3.8, 4) is 17.4 Å². The van der Waals surface area contributed by atoms with Gasteiger partial charge in [-0.15, -0.1) is 0 Å². The van der Waals surface area contributed by atoms with Crippen LogP contribution in [0.25, 0.3) is 0 Å². The minimum Gasteiger partial charge on any atom is -0.494 e. The summed E-state index contributed by atoms with van der Waals surface area (Å²) in [5.41, 5.74) is 6.32. The van der Waals surface area contributed by atoms with Crippen molar-refractivity contribution in [3.05, 3.63) is 48.2 Å². The van der Waals surface area contributed by atoms with Crippen LogP contribution in [0.3, 0.4) is 0 Å². The van der Waals surface area contributed by atoms with Crippen LogP contribution in [0.1, 0.15) is 25.8 Å². The number of nitrogens with zero attached hydrogens (tertiary/aromatic N) is 1. The summed E-state index contributed by atoms with van der Waals surface area (Å²) in [6, 6.07) is 10.4. The Balaban J connectivity index is 2.02. The molecule has 0 spiro atoms. The van der Waals surface area contributed by atoms with Gasteiger partial charge in [0.05, 0.1) is 12.6 Å². The van der Waals surface area contributed by atoms with Gasteiger partial charge in [-0.1, -0.05) is 13.0 Å². The molecule has 2 rings (SSSR count). The molecule has 2 aromatic rings. The number of hydrogen-bond donors (Lipinski definition) is 2. The van der Waals surface area contributed by atoms with E-state index in [1.165, 1.54) is 0 Å². The summed E-state index contributed by atoms with van der Waals surface area (Å²) in [6.07, 6.45) is 2.60. The number of ether oxygens (including phenoxy) is 2. The van der Waals surface area contributed by atoms with Crippen LogP contribution in [0.15, 0.2) is 42.6 Å². The van der Waals surface area contributed by atoms with Crippen molar-refractivity contribution in [1.82, 2.24) is 10.3 Å². The molecule has 0 fully saturated rings. The number of carbonyl (C=O) groups excluding carboxylic acids is 1. The minimum atomic E-state index is -0.554. The number of amides is 1. The molecule has 1 unspecified atom stereocenters. The highest BCUT2D eigenvalue weighted by molar-refractivity contribution is 5.80. The predicted octanol–water partition coefficient (Wildman–Crippen LogP) is 2.63. The van der Waals surface area contributed by atoms with Crippen molar-refractivity contribution in [1.29, 1.82) is 0 Å². The lowest BCUT2D eigenvalue weighted by atomic mass is 10.2. The second kappa shape index (κ2) is 8.88. The third-order valence-corrected chi connectivity index (χ3v) is 3.23. The van der Waals surface area contributed by atoms with E-state index in [9.17, 15) is 4.79 Å². The Morgan fingerprint density at radius 3 is 2.62 bits per heavy atom. The zero-order valence-electron chi connectivity index (χ0n) is 14.0. The lowest BCUT2D eigenvalue weighted by Crippen LogP contribution is -2.37. The molecular formula is C18H23N3O3. The van der Waals surface area contributed by atoms with E-state index in [0.717, 1.165) is 17.7 Å². The monoisotopic (exact) mass is 329 g/mol. The Bertz CT molecular complexity index is 657. The molecule has 1 amide bonds. The normalized spacial score (nSPS) is 11.6. The number of aromatic nitrogens is 1. The molecule has 0 aliphatic rings. The number of rotatable bonds is 8. The molecule has 1 aromatic carbocycles. The number of nitrogens with one attached hydrogen (secondary N) is 1. The van der Waals surface area contributed by atoms with Crippen LogP contribution in [0.2, 0.25) is 0 Å². The Hall–Kier alpha value is -2.60. The van der Waals surface area contributed by atoms with Crippen LogP contribution in [-0.4, -0.2) is 23.5 Å². The lowest BCUT2D eigenvalue weighted by Gasteiger charge is -2.12. The van der Waals surface area contributed by atoms with E-state index in [2.05, 4.69) is 17.2 Å². The van der Waals surface area contributed by atoms with Crippen molar-refractivity contribution >= 4 is 5.91 Å². The van der Waals surface area contributed by atoms with Crippen LogP contribution < -0.4 is 20.5 Å². The molecule has 24 heavy (non-hydrogen) atoms. The number of pyridine rings is 1. The summed E-state index contributed by atoms with van der Waals surface area (Å²) in [6.45, 7) is 4.69. The van der Waals surface area contributed by atoms with Crippen LogP contribution in [0.4, 0.5) is 0 Å². The number of hydrogen-bond acceptors (Lipinski definition) is 5. The molecule has 1 aromatic heterocycles. The van der Waals surface area contributed by atoms with Gasteiger partial charge in [-0.05, 0) is 43.7 Å². The SMILES string of the molecule is CCCOc1ccc(Oc2ncccc2CNC(=O)C(C)N)cc1. The van der Waals surface area contributed by atoms with Gasteiger partial charge in [0, 0.05) is 18.3 Å². The molecule has 0 bridgehead atoms. The van der Waals surface area contributed by atoms with Crippen LogP contribution >= 0.6 is 0 Å². The number of carbonyl (C=O) groups is 1. The van der Waals surface area contributed by atoms with E-state index in [1.54, 1.807) is 19.2 Å². The van der Waals surface area contributed by atoms with E-state index < -0.39 is 6.04 Å². The summed E-state index contributed by atoms with van der Waals surface area (Å²) in [7, 11) is 0. The first-order chi connectivity index (χ1) is 11.6. The Morgan fingerprint density at radius 2 is 1.96 bits per heavy atom. The highest BCUT2D eigenvalue weighted by atomic mass is 16.5. The highest BCUT2D eigenvalue weighted by Crippen LogP contribution is 2.25. The average Bonchev–Trinajstić information content (AvgIpc) is 2.60. The van der Waals surface area contributed by atoms with Crippen LogP contribution in [-0.2, 0) is 11.3 Å². The maximum absolute atomic E-state index is 11.6. The number of benzene rings is 1. The van der Waals surface area contributed by atoms with E-state index in [1.807, 2.05) is 30.3 Å². The second-order valence-electron chi connectivity index (χ2n) is 5.40. The first kappa shape index (κ1) is 17.7. The van der Waals surface area contributed by atoms with Crippen LogP contribution in [0.5, 0.6) is 17.4 Å². The molecular weight excluding hydrogens is 306 g/mol. The third kappa shape index (κ3) is 5.24. The molecule has 0 saturated carbocycles. The highest BCUT2D eigenvalue weighted by Gasteiger charge is 2.10. The van der Waals surface area contributed by atoms with Gasteiger partial charge >= 0.3 is 0 Å². The molecule has 0 aliphatic carbocycles. The number of nitrogens with two attached hydrogens (primary N) is 1. The second-order valence-corrected chi connectivity index (χ2v) is 5.40. The zero-order valence-corrected chi connectivity index (χ0v) is 14.0. The van der Waals surface area contributed by atoms with Gasteiger partial charge in [0.15, 0.2) is 0 Å². The fourth-order valence-electron chi connectivity index (χ4n) is 1.93. The Labute approximate surface area is 142 Å². The van der Waals surface area contributed by atoms with Crippen LogP contribution in [0, 0.1) is 0 Å². The summed E-state index contributed by atoms with van der Waals surface area (Å²) in [4.78, 5) is 15.8. The van der Waals surface area contributed by atoms with Crippen molar-refractivity contribution < 1.29 is 14.3 Å². The summed E-state index contributed by atoms with van der Waals surface area (Å²) in [5, 5.41) is 2.75. The Kier molecular flexibility index (Phi) is 6.57. The van der Waals surface area contributed by atoms with Gasteiger partial charge in [-0.3, -0.25) is 4.79 Å². The van der Waals surface area contributed by atoms with E-state index in [0.29, 0.717) is 24.8 Å². The topological polar surface area (TPSA) is 86.5 Å². The Morgan fingerprint density at radius 1 is 1.25 bits per heavy atom. The first-order valence-corrected chi connectivity index (χ1v) is 7.98. The lowest BCUT2D eigenvalue weighted by molar-refractivity contribution is -0.122. The minimum absolute atomic E-state index is 0.220. The van der Waals surface area contributed by atoms with Gasteiger partial charge in [0.2, 0.25) is 11.8 Å². The molecule has 128 valence electrons. The fraction of sp³-hybridized carbons (Fsp3) is 0.333. The largest absolute Gasteiger partial charge is 0.494 e. The van der Waals surface area contributed by atoms with Crippen molar-refractivity contribution in [2.45, 2.75) is 32.9 Å². The quantitative estimate of drug-likeness (QED) is 0.777. The molecule has 6 nitrogen and oxygen atoms in total. The van der Waals surface area contributed by atoms with E-state index in [-0.39, 0.29) is 5.91 Å². The van der Waals surface area contributed by atoms with Crippen molar-refractivity contribution in [3.63, 3.8) is 0 Å². The average molecular weight is 329 g/mol. The summed E-state index contributed by atoms with van der Waals surface area (Å²) in [5.74, 6) is 1.68. The maximum atomic E-state index is 11.6. The molecule has 1 heterocycles. The summed E-state index contributed by atoms with van der Waals surface area (Å²) >= 11 is 0. The molecule has 1 atom stereocenters. The molecule has 3 N–H and O–H groups in total. The molecule has 0 radical (unpaired) electrons. The van der Waals surface area contributed by atoms with Crippen molar-refractivity contribution in [2.24, 2.45) is 5.73 Å². The van der Waals surface area contributed by atoms with Gasteiger partial charge in [-0.2, -0.15) is 0 Å². The van der Waals surface area contributed by atoms with Gasteiger partial charge in [-0.25, -0.2) is 4.98 Å².